The first-order valence-electron chi connectivity index (χ1n) is 13.1. The lowest BCUT2D eigenvalue weighted by Crippen LogP contribution is -2.57. The molecule has 2 aliphatic heterocycles. The second-order valence-electron chi connectivity index (χ2n) is 10.0. The quantitative estimate of drug-likeness (QED) is 0.421. The Bertz CT molecular complexity index is 1360. The summed E-state index contributed by atoms with van der Waals surface area (Å²) in [6.45, 7) is 8.57. The molecule has 238 valence electrons. The lowest BCUT2D eigenvalue weighted by atomic mass is 9.83. The topological polar surface area (TPSA) is 135 Å². The number of imidazole rings is 1. The number of nitrogens with zero attached hydrogens (tertiary/aromatic N) is 8. The average Bonchev–Trinajstić information content (AvgIpc) is 3.65. The molecule has 0 radical (unpaired) electrons. The lowest BCUT2D eigenvalue weighted by Gasteiger charge is -2.50. The van der Waals surface area contributed by atoms with Gasteiger partial charge in [0.05, 0.1) is 29.8 Å². The summed E-state index contributed by atoms with van der Waals surface area (Å²) in [5.74, 6) is -4.27. The third kappa shape index (κ3) is 8.13. The van der Waals surface area contributed by atoms with Gasteiger partial charge in [-0.25, -0.2) is 14.6 Å². The number of aryl methyl sites for hydroxylation is 2. The molecule has 3 aromatic heterocycles. The molecule has 2 N–H and O–H groups in total. The first-order chi connectivity index (χ1) is 20.0. The van der Waals surface area contributed by atoms with Crippen LogP contribution in [0.15, 0.2) is 31.0 Å². The first kappa shape index (κ1) is 33.6. The Kier molecular flexibility index (Phi) is 10.3. The lowest BCUT2D eigenvalue weighted by molar-refractivity contribution is -0.193. The van der Waals surface area contributed by atoms with Gasteiger partial charge in [-0.15, -0.1) is 0 Å². The van der Waals surface area contributed by atoms with E-state index in [0.717, 1.165) is 57.7 Å². The van der Waals surface area contributed by atoms with Gasteiger partial charge >= 0.3 is 24.3 Å². The highest BCUT2D eigenvalue weighted by molar-refractivity contribution is 5.73. The Morgan fingerprint density at radius 1 is 0.860 bits per heavy atom. The zero-order valence-corrected chi connectivity index (χ0v) is 23.6. The Balaban J connectivity index is 0.000000303. The number of likely N-dealkylation sites (tertiary alicyclic amines) is 1. The van der Waals surface area contributed by atoms with Gasteiger partial charge < -0.3 is 14.8 Å². The Hall–Kier alpha value is -3.93. The molecule has 1 spiro atoms. The van der Waals surface area contributed by atoms with Gasteiger partial charge in [-0.3, -0.25) is 19.2 Å². The number of halogens is 6. The molecule has 18 heteroatoms. The molecule has 5 heterocycles. The fourth-order valence-corrected chi connectivity index (χ4v) is 5.23. The van der Waals surface area contributed by atoms with E-state index in [1.54, 1.807) is 0 Å². The number of likely N-dealkylation sites (N-methyl/N-ethyl adjacent to an activating group) is 1. The van der Waals surface area contributed by atoms with Crippen LogP contribution in [0.3, 0.4) is 0 Å². The van der Waals surface area contributed by atoms with Gasteiger partial charge in [-0.1, -0.05) is 6.92 Å². The molecule has 0 atom stereocenters. The molecular formula is C25H32F6N8O4. The van der Waals surface area contributed by atoms with Crippen molar-refractivity contribution in [1.82, 2.24) is 38.9 Å². The van der Waals surface area contributed by atoms with Crippen LogP contribution in [0, 0.1) is 0 Å². The summed E-state index contributed by atoms with van der Waals surface area (Å²) >= 11 is 0. The Morgan fingerprint density at radius 2 is 1.40 bits per heavy atom. The van der Waals surface area contributed by atoms with Gasteiger partial charge in [0.1, 0.15) is 5.82 Å². The van der Waals surface area contributed by atoms with Crippen molar-refractivity contribution in [2.45, 2.75) is 50.7 Å². The molecule has 0 saturated carbocycles. The normalized spacial score (nSPS) is 17.0. The van der Waals surface area contributed by atoms with Crippen LogP contribution < -0.4 is 0 Å². The maximum atomic E-state index is 10.6. The maximum absolute atomic E-state index is 10.6. The van der Waals surface area contributed by atoms with E-state index in [1.165, 1.54) is 17.1 Å². The molecular weight excluding hydrogens is 590 g/mol. The van der Waals surface area contributed by atoms with Gasteiger partial charge in [0, 0.05) is 70.3 Å². The number of hydrogen-bond donors (Lipinski definition) is 2. The van der Waals surface area contributed by atoms with Crippen LogP contribution in [0.2, 0.25) is 0 Å². The Morgan fingerprint density at radius 3 is 1.84 bits per heavy atom. The number of carboxylic acid groups (broad SMARTS) is 2. The zero-order valence-electron chi connectivity index (χ0n) is 23.6. The highest BCUT2D eigenvalue weighted by atomic mass is 19.4. The van der Waals surface area contributed by atoms with Gasteiger partial charge in [0.25, 0.3) is 0 Å². The number of aliphatic carboxylic acids is 2. The van der Waals surface area contributed by atoms with Gasteiger partial charge in [-0.2, -0.15) is 36.5 Å². The van der Waals surface area contributed by atoms with Crippen molar-refractivity contribution >= 4 is 11.9 Å². The van der Waals surface area contributed by atoms with Crippen LogP contribution in [0.4, 0.5) is 26.3 Å². The largest absolute Gasteiger partial charge is 0.490 e. The van der Waals surface area contributed by atoms with Crippen molar-refractivity contribution in [2.75, 3.05) is 26.2 Å². The monoisotopic (exact) mass is 622 g/mol. The minimum absolute atomic E-state index is 0.0406. The molecule has 43 heavy (non-hydrogen) atoms. The molecule has 3 aromatic rings. The third-order valence-corrected chi connectivity index (χ3v) is 7.19. The number of hydrogen-bond acceptors (Lipinski definition) is 7. The predicted octanol–water partition coefficient (Wildman–Crippen LogP) is 3.11. The minimum atomic E-state index is -5.08. The summed E-state index contributed by atoms with van der Waals surface area (Å²) in [6, 6.07) is 0. The summed E-state index contributed by atoms with van der Waals surface area (Å²) in [5, 5.41) is 22.9. The van der Waals surface area contributed by atoms with E-state index in [1.807, 2.05) is 35.9 Å². The van der Waals surface area contributed by atoms with Crippen LogP contribution in [0.1, 0.15) is 31.2 Å². The molecule has 12 nitrogen and oxygen atoms in total. The number of carboxylic acids is 2. The summed E-state index contributed by atoms with van der Waals surface area (Å²) in [7, 11) is 3.95. The van der Waals surface area contributed by atoms with E-state index < -0.39 is 24.3 Å². The second-order valence-corrected chi connectivity index (χ2v) is 10.0. The average molecular weight is 623 g/mol. The van der Waals surface area contributed by atoms with E-state index in [9.17, 15) is 26.3 Å². The van der Waals surface area contributed by atoms with Crippen LogP contribution in [0.5, 0.6) is 0 Å². The maximum Gasteiger partial charge on any atom is 0.490 e. The summed E-state index contributed by atoms with van der Waals surface area (Å²) < 4.78 is 69.7. The van der Waals surface area contributed by atoms with Crippen molar-refractivity contribution in [3.63, 3.8) is 0 Å². The fourth-order valence-electron chi connectivity index (χ4n) is 5.23. The van der Waals surface area contributed by atoms with Crippen molar-refractivity contribution in [3.05, 3.63) is 42.4 Å². The third-order valence-electron chi connectivity index (χ3n) is 7.19. The van der Waals surface area contributed by atoms with Crippen molar-refractivity contribution in [2.24, 2.45) is 14.1 Å². The summed E-state index contributed by atoms with van der Waals surface area (Å²) in [6.07, 6.45) is 2.25. The molecule has 0 amide bonds. The standard InChI is InChI=1S/C21H30N8.2C2HF3O2/c1-4-28-9-10-29-19(18-12-24-26(3)16-18)13-22-20(29)21(28)5-7-27(8-6-21)15-17-11-23-25(2)14-17;2*3-2(4,5)1(6)7/h11-14,16H,4-10,15H2,1-3H3;2*(H,6,7). The predicted molar refractivity (Wildman–Crippen MR) is 138 cm³/mol. The molecule has 0 aliphatic carbocycles. The summed E-state index contributed by atoms with van der Waals surface area (Å²) in [4.78, 5) is 28.0. The number of piperidine rings is 1. The zero-order chi connectivity index (χ0) is 32.2. The molecule has 0 unspecified atom stereocenters. The molecule has 1 fully saturated rings. The highest BCUT2D eigenvalue weighted by Crippen LogP contribution is 2.42. The van der Waals surface area contributed by atoms with Gasteiger partial charge in [-0.05, 0) is 19.4 Å². The van der Waals surface area contributed by atoms with Gasteiger partial charge in [0.2, 0.25) is 0 Å². The summed E-state index contributed by atoms with van der Waals surface area (Å²) in [5.41, 5.74) is 3.68. The van der Waals surface area contributed by atoms with Crippen LogP contribution >= 0.6 is 0 Å². The van der Waals surface area contributed by atoms with Crippen molar-refractivity contribution in [3.8, 4) is 11.3 Å². The van der Waals surface area contributed by atoms with Gasteiger partial charge in [0.15, 0.2) is 0 Å². The van der Waals surface area contributed by atoms with E-state index in [-0.39, 0.29) is 5.54 Å². The fraction of sp³-hybridized carbons (Fsp3) is 0.560. The number of aromatic nitrogens is 6. The Labute approximate surface area is 242 Å². The SMILES string of the molecule is CCN1CCn2c(-c3cnn(C)c3)cnc2C12CCN(Cc1cnn(C)c1)CC2.O=C(O)C(F)(F)F.O=C(O)C(F)(F)F. The number of carbonyl (C=O) groups is 2. The number of alkyl halides is 6. The first-order valence-corrected chi connectivity index (χ1v) is 13.1. The number of fused-ring (bicyclic) bond motifs is 2. The minimum Gasteiger partial charge on any atom is -0.475 e. The smallest absolute Gasteiger partial charge is 0.475 e. The van der Waals surface area contributed by atoms with E-state index in [4.69, 9.17) is 24.8 Å². The number of rotatable bonds is 4. The molecule has 5 rings (SSSR count). The highest BCUT2D eigenvalue weighted by Gasteiger charge is 2.46. The van der Waals surface area contributed by atoms with Crippen LogP contribution in [-0.4, -0.2) is 99.6 Å². The van der Waals surface area contributed by atoms with Crippen LogP contribution in [0.25, 0.3) is 11.3 Å². The van der Waals surface area contributed by atoms with Crippen LogP contribution in [-0.2, 0) is 42.3 Å². The second kappa shape index (κ2) is 13.2. The van der Waals surface area contributed by atoms with Crippen molar-refractivity contribution < 1.29 is 46.1 Å². The van der Waals surface area contributed by atoms with Crippen molar-refractivity contribution in [1.29, 1.82) is 0 Å². The molecule has 2 aliphatic rings. The van der Waals surface area contributed by atoms with E-state index in [2.05, 4.69) is 50.1 Å². The molecule has 1 saturated heterocycles. The van der Waals surface area contributed by atoms with E-state index >= 15 is 0 Å². The van der Waals surface area contributed by atoms with E-state index in [0.29, 0.717) is 0 Å². The molecule has 0 aromatic carbocycles. The molecule has 0 bridgehead atoms.